The lowest BCUT2D eigenvalue weighted by atomic mass is 9.90. The fourth-order valence-electron chi connectivity index (χ4n) is 2.87. The number of nitrogen functional groups attached to an aromatic ring is 2. The number of anilines is 3. The molecule has 90 valence electrons. The lowest BCUT2D eigenvalue weighted by Crippen LogP contribution is -2.38. The summed E-state index contributed by atoms with van der Waals surface area (Å²) < 4.78 is 0. The molecule has 0 aromatic heterocycles. The number of rotatable bonds is 1. The van der Waals surface area contributed by atoms with Gasteiger partial charge in [0.2, 0.25) is 0 Å². The third-order valence-electron chi connectivity index (χ3n) is 3.83. The van der Waals surface area contributed by atoms with Crippen LogP contribution in [0.4, 0.5) is 17.1 Å². The van der Waals surface area contributed by atoms with Gasteiger partial charge in [-0.15, -0.1) is 0 Å². The highest BCUT2D eigenvalue weighted by atomic mass is 15.3. The van der Waals surface area contributed by atoms with E-state index in [4.69, 9.17) is 11.5 Å². The van der Waals surface area contributed by atoms with E-state index < -0.39 is 0 Å². The largest absolute Gasteiger partial charge is 0.397 e. The molecule has 4 N–H and O–H groups in total. The predicted octanol–water partition coefficient (Wildman–Crippen LogP) is 2.01. The van der Waals surface area contributed by atoms with Crippen LogP contribution in [0.1, 0.15) is 25.7 Å². The van der Waals surface area contributed by atoms with E-state index in [2.05, 4.69) is 9.89 Å². The minimum atomic E-state index is 0.449. The van der Waals surface area contributed by atoms with Gasteiger partial charge in [0.25, 0.3) is 0 Å². The molecule has 1 aliphatic heterocycles. The number of para-hydroxylation sites is 1. The molecule has 3 rings (SSSR count). The minimum absolute atomic E-state index is 0.449. The fourth-order valence-corrected chi connectivity index (χ4v) is 2.87. The number of fused-ring (bicyclic) bond motifs is 1. The maximum absolute atomic E-state index is 6.06. The topological polar surface area (TPSA) is 67.6 Å². The van der Waals surface area contributed by atoms with Gasteiger partial charge in [0, 0.05) is 0 Å². The van der Waals surface area contributed by atoms with Crippen molar-refractivity contribution in [3.05, 3.63) is 18.2 Å². The Balaban J connectivity index is 1.94. The van der Waals surface area contributed by atoms with Gasteiger partial charge in [-0.25, -0.2) is 0 Å². The Morgan fingerprint density at radius 3 is 2.88 bits per heavy atom. The van der Waals surface area contributed by atoms with Crippen LogP contribution in [0.3, 0.4) is 0 Å². The molecule has 0 unspecified atom stereocenters. The smallest absolute Gasteiger partial charge is 0.0902 e. The van der Waals surface area contributed by atoms with Crippen LogP contribution in [0, 0.1) is 0 Å². The monoisotopic (exact) mass is 230 g/mol. The van der Waals surface area contributed by atoms with Crippen molar-refractivity contribution < 1.29 is 0 Å². The zero-order valence-electron chi connectivity index (χ0n) is 9.84. The van der Waals surface area contributed by atoms with E-state index in [-0.39, 0.29) is 0 Å². The summed E-state index contributed by atoms with van der Waals surface area (Å²) in [4.78, 5) is 6.79. The van der Waals surface area contributed by atoms with E-state index in [9.17, 15) is 0 Å². The maximum atomic E-state index is 6.06. The summed E-state index contributed by atoms with van der Waals surface area (Å²) in [5.41, 5.74) is 14.2. The standard InChI is InChI=1S/C13H18N4/c14-9-4-3-7-12(13(9)15)17-8-16-10-5-1-2-6-11(10)17/h3-4,7-8,10-11H,1-2,5-6,14-15H2/t10-,11-/m1/s1. The summed E-state index contributed by atoms with van der Waals surface area (Å²) in [6.45, 7) is 0. The number of hydrogen-bond donors (Lipinski definition) is 2. The van der Waals surface area contributed by atoms with Crippen molar-refractivity contribution in [3.8, 4) is 0 Å². The number of aliphatic imine (C=N–C) groups is 1. The van der Waals surface area contributed by atoms with Crippen LogP contribution < -0.4 is 16.4 Å². The predicted molar refractivity (Wildman–Crippen MR) is 72.3 cm³/mol. The normalized spacial score (nSPS) is 27.2. The van der Waals surface area contributed by atoms with Crippen molar-refractivity contribution in [1.29, 1.82) is 0 Å². The molecule has 1 heterocycles. The van der Waals surface area contributed by atoms with Crippen molar-refractivity contribution in [3.63, 3.8) is 0 Å². The Hall–Kier alpha value is -1.71. The van der Waals surface area contributed by atoms with Gasteiger partial charge >= 0.3 is 0 Å². The lowest BCUT2D eigenvalue weighted by Gasteiger charge is -2.32. The van der Waals surface area contributed by atoms with Crippen molar-refractivity contribution >= 4 is 23.4 Å². The van der Waals surface area contributed by atoms with Gasteiger partial charge in [0.05, 0.1) is 35.5 Å². The molecule has 0 amide bonds. The first-order valence-electron chi connectivity index (χ1n) is 6.23. The molecule has 1 aromatic carbocycles. The van der Waals surface area contributed by atoms with Crippen molar-refractivity contribution in [1.82, 2.24) is 0 Å². The van der Waals surface area contributed by atoms with Crippen molar-refractivity contribution in [2.75, 3.05) is 16.4 Å². The molecule has 2 atom stereocenters. The van der Waals surface area contributed by atoms with Crippen LogP contribution >= 0.6 is 0 Å². The maximum Gasteiger partial charge on any atom is 0.0902 e. The molecular formula is C13H18N4. The van der Waals surface area contributed by atoms with Crippen molar-refractivity contribution in [2.45, 2.75) is 37.8 Å². The summed E-state index contributed by atoms with van der Waals surface area (Å²) >= 11 is 0. The van der Waals surface area contributed by atoms with E-state index in [0.717, 1.165) is 5.69 Å². The summed E-state index contributed by atoms with van der Waals surface area (Å²) in [7, 11) is 0. The molecule has 0 spiro atoms. The fraction of sp³-hybridized carbons (Fsp3) is 0.462. The number of benzene rings is 1. The molecule has 1 aromatic rings. The second-order valence-corrected chi connectivity index (χ2v) is 4.87. The molecular weight excluding hydrogens is 212 g/mol. The Kier molecular flexibility index (Phi) is 2.42. The number of nitrogens with zero attached hydrogens (tertiary/aromatic N) is 2. The number of hydrogen-bond acceptors (Lipinski definition) is 4. The van der Waals surface area contributed by atoms with Crippen LogP contribution in [0.15, 0.2) is 23.2 Å². The Labute approximate surface area is 101 Å². The van der Waals surface area contributed by atoms with Crippen molar-refractivity contribution in [2.24, 2.45) is 4.99 Å². The minimum Gasteiger partial charge on any atom is -0.397 e. The Bertz CT molecular complexity index is 455. The molecule has 4 nitrogen and oxygen atoms in total. The van der Waals surface area contributed by atoms with Gasteiger partial charge in [-0.2, -0.15) is 0 Å². The zero-order valence-corrected chi connectivity index (χ0v) is 9.84. The first kappa shape index (κ1) is 10.4. The van der Waals surface area contributed by atoms with E-state index >= 15 is 0 Å². The molecule has 1 fully saturated rings. The average Bonchev–Trinajstić information content (AvgIpc) is 2.77. The molecule has 2 aliphatic rings. The van der Waals surface area contributed by atoms with Crippen LogP contribution in [0.25, 0.3) is 0 Å². The molecule has 0 radical (unpaired) electrons. The quantitative estimate of drug-likeness (QED) is 0.725. The molecule has 17 heavy (non-hydrogen) atoms. The van der Waals surface area contributed by atoms with E-state index in [1.165, 1.54) is 25.7 Å². The summed E-state index contributed by atoms with van der Waals surface area (Å²) in [5.74, 6) is 0. The SMILES string of the molecule is Nc1cccc(N2C=N[C@@H]3CCCC[C@H]32)c1N. The van der Waals surface area contributed by atoms with Gasteiger partial charge in [-0.3, -0.25) is 4.99 Å². The van der Waals surface area contributed by atoms with E-state index in [1.807, 2.05) is 24.5 Å². The van der Waals surface area contributed by atoms with Gasteiger partial charge in [-0.1, -0.05) is 18.9 Å². The van der Waals surface area contributed by atoms with E-state index in [1.54, 1.807) is 0 Å². The summed E-state index contributed by atoms with van der Waals surface area (Å²) in [5, 5.41) is 0. The first-order chi connectivity index (χ1) is 8.27. The highest BCUT2D eigenvalue weighted by Crippen LogP contribution is 2.36. The van der Waals surface area contributed by atoms with Crippen LogP contribution in [0.2, 0.25) is 0 Å². The second kappa shape index (κ2) is 3.95. The molecule has 1 aliphatic carbocycles. The van der Waals surface area contributed by atoms with Gasteiger partial charge in [0.1, 0.15) is 0 Å². The van der Waals surface area contributed by atoms with Gasteiger partial charge < -0.3 is 16.4 Å². The zero-order chi connectivity index (χ0) is 11.8. The molecule has 0 bridgehead atoms. The highest BCUT2D eigenvalue weighted by molar-refractivity contribution is 5.91. The van der Waals surface area contributed by atoms with Gasteiger partial charge in [-0.05, 0) is 25.0 Å². The Morgan fingerprint density at radius 2 is 2.00 bits per heavy atom. The van der Waals surface area contributed by atoms with E-state index in [0.29, 0.717) is 23.5 Å². The summed E-state index contributed by atoms with van der Waals surface area (Å²) in [6, 6.07) is 6.74. The third-order valence-corrected chi connectivity index (χ3v) is 3.83. The molecule has 0 saturated heterocycles. The summed E-state index contributed by atoms with van der Waals surface area (Å²) in [6.07, 6.45) is 6.90. The number of nitrogens with two attached hydrogens (primary N) is 2. The van der Waals surface area contributed by atoms with Gasteiger partial charge in [0.15, 0.2) is 0 Å². The lowest BCUT2D eigenvalue weighted by molar-refractivity contribution is 0.405. The first-order valence-corrected chi connectivity index (χ1v) is 6.23. The molecule has 1 saturated carbocycles. The van der Waals surface area contributed by atoms with Crippen LogP contribution in [-0.4, -0.2) is 18.4 Å². The third kappa shape index (κ3) is 1.64. The Morgan fingerprint density at radius 1 is 1.18 bits per heavy atom. The average molecular weight is 230 g/mol. The van der Waals surface area contributed by atoms with Crippen LogP contribution in [-0.2, 0) is 0 Å². The molecule has 4 heteroatoms. The second-order valence-electron chi connectivity index (χ2n) is 4.87. The highest BCUT2D eigenvalue weighted by Gasteiger charge is 2.34. The van der Waals surface area contributed by atoms with Crippen LogP contribution in [0.5, 0.6) is 0 Å².